The first-order valence-corrected chi connectivity index (χ1v) is 15.7. The first-order chi connectivity index (χ1) is 17.6. The number of carbonyl (C=O) groups excluding carboxylic acids is 2. The van der Waals surface area contributed by atoms with Gasteiger partial charge in [-0.05, 0) is 77.4 Å². The van der Waals surface area contributed by atoms with Gasteiger partial charge in [-0.25, -0.2) is 0 Å². The average Bonchev–Trinajstić information content (AvgIpc) is 2.82. The zero-order chi connectivity index (χ0) is 26.9. The first-order valence-electron chi connectivity index (χ1n) is 12.3. The Morgan fingerprint density at radius 1 is 0.595 bits per heavy atom. The molecule has 0 aliphatic rings. The van der Waals surface area contributed by atoms with Crippen LogP contribution in [0, 0.1) is 41.5 Å². The van der Waals surface area contributed by atoms with E-state index >= 15 is 0 Å². The Balaban J connectivity index is 1.95. The SMILES string of the molecule is Cc1cc(C)c(C(=O)c2cccc([PH](=O)Pc3ccccc3)c2C(=O)c2c(C)cc(C)cc2C)c(C)c1. The van der Waals surface area contributed by atoms with Crippen LogP contribution in [0.3, 0.4) is 0 Å². The summed E-state index contributed by atoms with van der Waals surface area (Å²) in [6, 6.07) is 22.8. The summed E-state index contributed by atoms with van der Waals surface area (Å²) in [5.41, 5.74) is 7.34. The third kappa shape index (κ3) is 5.59. The Morgan fingerprint density at radius 2 is 1.08 bits per heavy atom. The Kier molecular flexibility index (Phi) is 8.08. The number of carbonyl (C=O) groups is 2. The Bertz CT molecular complexity index is 1510. The second-order valence-electron chi connectivity index (χ2n) is 9.75. The van der Waals surface area contributed by atoms with Crippen molar-refractivity contribution in [2.75, 3.05) is 0 Å². The lowest BCUT2D eigenvalue weighted by atomic mass is 9.87. The second-order valence-corrected chi connectivity index (χ2v) is 13.9. The van der Waals surface area contributed by atoms with Crippen LogP contribution in [0.4, 0.5) is 0 Å². The van der Waals surface area contributed by atoms with Gasteiger partial charge in [0.25, 0.3) is 0 Å². The quantitative estimate of drug-likeness (QED) is 0.191. The van der Waals surface area contributed by atoms with Gasteiger partial charge in [-0.3, -0.25) is 9.59 Å². The number of aryl methyl sites for hydroxylation is 6. The van der Waals surface area contributed by atoms with E-state index in [0.717, 1.165) is 38.7 Å². The van der Waals surface area contributed by atoms with Gasteiger partial charge in [0, 0.05) is 27.6 Å². The lowest BCUT2D eigenvalue weighted by molar-refractivity contribution is 0.100. The molecule has 37 heavy (non-hydrogen) atoms. The van der Waals surface area contributed by atoms with E-state index in [4.69, 9.17) is 0 Å². The summed E-state index contributed by atoms with van der Waals surface area (Å²) in [7, 11) is -2.36. The molecule has 0 radical (unpaired) electrons. The molecule has 0 saturated carbocycles. The lowest BCUT2D eigenvalue weighted by Gasteiger charge is -2.18. The lowest BCUT2D eigenvalue weighted by Crippen LogP contribution is -2.22. The van der Waals surface area contributed by atoms with E-state index in [1.165, 1.54) is 0 Å². The fraction of sp³-hybridized carbons (Fsp3) is 0.188. The number of benzene rings is 4. The smallest absolute Gasteiger partial charge is 0.195 e. The van der Waals surface area contributed by atoms with Crippen LogP contribution < -0.4 is 10.6 Å². The van der Waals surface area contributed by atoms with Gasteiger partial charge in [0.1, 0.15) is 7.49 Å². The third-order valence-corrected chi connectivity index (χ3v) is 10.7. The minimum absolute atomic E-state index is 0.0278. The maximum Gasteiger partial charge on any atom is 0.195 e. The summed E-state index contributed by atoms with van der Waals surface area (Å²) >= 11 is 0. The second kappa shape index (κ2) is 11.1. The normalized spacial score (nSPS) is 12.2. The minimum Gasteiger partial charge on any atom is -0.317 e. The maximum atomic E-state index is 14.3. The van der Waals surface area contributed by atoms with Crippen molar-refractivity contribution in [3.8, 4) is 0 Å². The van der Waals surface area contributed by atoms with Crippen LogP contribution in [0.5, 0.6) is 0 Å². The van der Waals surface area contributed by atoms with E-state index in [1.807, 2.05) is 96.1 Å². The topological polar surface area (TPSA) is 51.2 Å². The van der Waals surface area contributed by atoms with E-state index in [2.05, 4.69) is 0 Å². The van der Waals surface area contributed by atoms with Crippen LogP contribution in [-0.4, -0.2) is 11.6 Å². The van der Waals surface area contributed by atoms with Crippen LogP contribution in [0.1, 0.15) is 65.2 Å². The first kappa shape index (κ1) is 26.9. The highest BCUT2D eigenvalue weighted by Gasteiger charge is 2.28. The summed E-state index contributed by atoms with van der Waals surface area (Å²) in [6.45, 7) is 11.7. The van der Waals surface area contributed by atoms with Crippen LogP contribution >= 0.6 is 15.8 Å². The Labute approximate surface area is 221 Å². The van der Waals surface area contributed by atoms with Gasteiger partial charge in [-0.2, -0.15) is 0 Å². The molecular formula is C32H32O3P2. The molecule has 0 spiro atoms. The summed E-state index contributed by atoms with van der Waals surface area (Å²) in [5.74, 6) is -0.451. The van der Waals surface area contributed by atoms with Gasteiger partial charge in [-0.15, -0.1) is 0 Å². The molecule has 5 heteroatoms. The molecule has 0 aromatic heterocycles. The van der Waals surface area contributed by atoms with Crippen LogP contribution in [0.15, 0.2) is 72.8 Å². The summed E-state index contributed by atoms with van der Waals surface area (Å²) in [6.07, 6.45) is 0. The highest BCUT2D eigenvalue weighted by molar-refractivity contribution is 8.21. The van der Waals surface area contributed by atoms with Crippen molar-refractivity contribution >= 4 is 37.9 Å². The molecule has 0 saturated heterocycles. The fourth-order valence-corrected chi connectivity index (χ4v) is 9.03. The van der Waals surface area contributed by atoms with Gasteiger partial charge in [0.15, 0.2) is 11.6 Å². The van der Waals surface area contributed by atoms with Gasteiger partial charge >= 0.3 is 0 Å². The van der Waals surface area contributed by atoms with Crippen molar-refractivity contribution in [2.24, 2.45) is 0 Å². The van der Waals surface area contributed by atoms with Crippen molar-refractivity contribution in [1.82, 2.24) is 0 Å². The maximum absolute atomic E-state index is 14.3. The van der Waals surface area contributed by atoms with Crippen molar-refractivity contribution < 1.29 is 14.2 Å². The number of hydrogen-bond acceptors (Lipinski definition) is 3. The molecule has 0 heterocycles. The van der Waals surface area contributed by atoms with E-state index in [-0.39, 0.29) is 25.4 Å². The molecule has 0 aliphatic heterocycles. The average molecular weight is 527 g/mol. The molecule has 2 atom stereocenters. The largest absolute Gasteiger partial charge is 0.317 e. The minimum atomic E-state index is -2.39. The summed E-state index contributed by atoms with van der Waals surface area (Å²) in [4.78, 5) is 28.4. The number of rotatable bonds is 7. The molecule has 0 bridgehead atoms. The van der Waals surface area contributed by atoms with Crippen molar-refractivity contribution in [2.45, 2.75) is 41.5 Å². The Hall–Kier alpha value is -3.12. The van der Waals surface area contributed by atoms with Crippen molar-refractivity contribution in [1.29, 1.82) is 0 Å². The number of hydrogen-bond donors (Lipinski definition) is 0. The highest BCUT2D eigenvalue weighted by atomic mass is 32.0. The predicted molar refractivity (Wildman–Crippen MR) is 158 cm³/mol. The van der Waals surface area contributed by atoms with Gasteiger partial charge in [-0.1, -0.05) is 83.9 Å². The van der Waals surface area contributed by atoms with E-state index < -0.39 is 7.49 Å². The van der Waals surface area contributed by atoms with Gasteiger partial charge < -0.3 is 4.57 Å². The molecule has 4 aromatic rings. The standard InChI is InChI=1S/C32H32O3P2/c1-19-15-21(3)28(22(4)16-19)31(33)26-13-10-14-27(37(35)36-25-11-8-7-9-12-25)30(26)32(34)29-23(5)17-20(2)18-24(29)6/h7-18,36-37H,1-6H3. The summed E-state index contributed by atoms with van der Waals surface area (Å²) in [5, 5.41) is 1.44. The van der Waals surface area contributed by atoms with E-state index in [1.54, 1.807) is 18.2 Å². The molecule has 4 rings (SSSR count). The van der Waals surface area contributed by atoms with Gasteiger partial charge in [0.05, 0.1) is 0 Å². The van der Waals surface area contributed by atoms with Crippen LogP contribution in [0.2, 0.25) is 0 Å². The molecule has 3 nitrogen and oxygen atoms in total. The van der Waals surface area contributed by atoms with E-state index in [0.29, 0.717) is 22.0 Å². The van der Waals surface area contributed by atoms with Crippen LogP contribution in [0.25, 0.3) is 0 Å². The van der Waals surface area contributed by atoms with Crippen molar-refractivity contribution in [3.63, 3.8) is 0 Å². The Morgan fingerprint density at radius 3 is 1.59 bits per heavy atom. The highest BCUT2D eigenvalue weighted by Crippen LogP contribution is 2.44. The zero-order valence-electron chi connectivity index (χ0n) is 22.2. The molecule has 2 unspecified atom stereocenters. The van der Waals surface area contributed by atoms with Crippen LogP contribution in [-0.2, 0) is 4.57 Å². The monoisotopic (exact) mass is 526 g/mol. The molecule has 0 N–H and O–H groups in total. The molecule has 4 aromatic carbocycles. The molecular weight excluding hydrogens is 494 g/mol. The third-order valence-electron chi connectivity index (χ3n) is 6.62. The zero-order valence-corrected chi connectivity index (χ0v) is 24.2. The molecule has 0 aliphatic carbocycles. The summed E-state index contributed by atoms with van der Waals surface area (Å²) < 4.78 is 13.8. The fourth-order valence-electron chi connectivity index (χ4n) is 5.23. The van der Waals surface area contributed by atoms with E-state index in [9.17, 15) is 14.2 Å². The molecule has 0 amide bonds. The molecule has 188 valence electrons. The van der Waals surface area contributed by atoms with Crippen molar-refractivity contribution in [3.05, 3.63) is 128 Å². The predicted octanol–water partition coefficient (Wildman–Crippen LogP) is 7.10. The number of ketones is 2. The molecule has 0 fully saturated rings. The van der Waals surface area contributed by atoms with Gasteiger partial charge in [0.2, 0.25) is 0 Å².